The third-order valence-electron chi connectivity index (χ3n) is 4.06. The number of hydrogen-bond donors (Lipinski definition) is 1. The SMILES string of the molecule is O=C1NCCCCC1Sc1ccc(S(=O)(=O)N2CCOCC2)cn1. The molecule has 1 aromatic rings. The summed E-state index contributed by atoms with van der Waals surface area (Å²) in [6.45, 7) is 2.27. The Balaban J connectivity index is 1.69. The Morgan fingerprint density at radius 3 is 2.75 bits per heavy atom. The van der Waals surface area contributed by atoms with Gasteiger partial charge in [-0.15, -0.1) is 0 Å². The minimum absolute atomic E-state index is 0.0318. The van der Waals surface area contributed by atoms with Gasteiger partial charge in [-0.2, -0.15) is 4.31 Å². The number of pyridine rings is 1. The lowest BCUT2D eigenvalue weighted by molar-refractivity contribution is -0.120. The Morgan fingerprint density at radius 1 is 1.25 bits per heavy atom. The van der Waals surface area contributed by atoms with Gasteiger partial charge in [0.25, 0.3) is 0 Å². The van der Waals surface area contributed by atoms with Crippen LogP contribution in [0, 0.1) is 0 Å². The standard InChI is InChI=1S/C15H21N3O4S2/c19-15-13(3-1-2-6-16-15)23-14-5-4-12(11-17-14)24(20,21)18-7-9-22-10-8-18/h4-5,11,13H,1-3,6-10H2,(H,16,19). The molecule has 1 N–H and O–H groups in total. The number of sulfonamides is 1. The second kappa shape index (κ2) is 7.81. The van der Waals surface area contributed by atoms with Crippen molar-refractivity contribution in [2.45, 2.75) is 34.4 Å². The van der Waals surface area contributed by atoms with Crippen molar-refractivity contribution in [3.05, 3.63) is 18.3 Å². The summed E-state index contributed by atoms with van der Waals surface area (Å²) in [7, 11) is -3.53. The van der Waals surface area contributed by atoms with Gasteiger partial charge in [-0.05, 0) is 25.0 Å². The van der Waals surface area contributed by atoms with Gasteiger partial charge >= 0.3 is 0 Å². The molecule has 2 saturated heterocycles. The predicted octanol–water partition coefficient (Wildman–Crippen LogP) is 0.863. The molecule has 0 aromatic carbocycles. The molecule has 0 bridgehead atoms. The largest absolute Gasteiger partial charge is 0.379 e. The van der Waals surface area contributed by atoms with E-state index in [9.17, 15) is 13.2 Å². The summed E-state index contributed by atoms with van der Waals surface area (Å²) in [5, 5.41) is 3.39. The summed E-state index contributed by atoms with van der Waals surface area (Å²) < 4.78 is 31.7. The number of morpholine rings is 1. The Hall–Kier alpha value is -1.16. The molecular weight excluding hydrogens is 350 g/mol. The zero-order valence-corrected chi connectivity index (χ0v) is 14.9. The molecule has 1 unspecified atom stereocenters. The van der Waals surface area contributed by atoms with Crippen LogP contribution in [0.3, 0.4) is 0 Å². The molecule has 3 rings (SSSR count). The summed E-state index contributed by atoms with van der Waals surface area (Å²) >= 11 is 1.39. The third kappa shape index (κ3) is 4.08. The van der Waals surface area contributed by atoms with Crippen LogP contribution < -0.4 is 5.32 Å². The summed E-state index contributed by atoms with van der Waals surface area (Å²) in [6.07, 6.45) is 4.18. The van der Waals surface area contributed by atoms with Crippen LogP contribution in [0.2, 0.25) is 0 Å². The molecule has 132 valence electrons. The van der Waals surface area contributed by atoms with Gasteiger partial charge < -0.3 is 10.1 Å². The fourth-order valence-electron chi connectivity index (χ4n) is 2.69. The normalized spacial score (nSPS) is 23.5. The lowest BCUT2D eigenvalue weighted by Gasteiger charge is -2.25. The molecule has 0 saturated carbocycles. The van der Waals surface area contributed by atoms with Crippen molar-refractivity contribution in [1.29, 1.82) is 0 Å². The van der Waals surface area contributed by atoms with E-state index in [4.69, 9.17) is 4.74 Å². The van der Waals surface area contributed by atoms with Crippen LogP contribution in [-0.4, -0.2) is 61.7 Å². The number of thioether (sulfide) groups is 1. The zero-order valence-electron chi connectivity index (χ0n) is 13.3. The molecule has 0 aliphatic carbocycles. The Kier molecular flexibility index (Phi) is 5.75. The second-order valence-electron chi connectivity index (χ2n) is 5.74. The highest BCUT2D eigenvalue weighted by atomic mass is 32.2. The van der Waals surface area contributed by atoms with Crippen LogP contribution >= 0.6 is 11.8 Å². The minimum atomic E-state index is -3.53. The first kappa shape index (κ1) is 17.7. The average Bonchev–Trinajstić information content (AvgIpc) is 2.81. The van der Waals surface area contributed by atoms with Crippen LogP contribution in [0.4, 0.5) is 0 Å². The molecular formula is C15H21N3O4S2. The molecule has 9 heteroatoms. The van der Waals surface area contributed by atoms with Crippen molar-refractivity contribution in [3.63, 3.8) is 0 Å². The number of ether oxygens (including phenoxy) is 1. The van der Waals surface area contributed by atoms with E-state index in [0.29, 0.717) is 31.3 Å². The van der Waals surface area contributed by atoms with E-state index in [0.717, 1.165) is 25.8 Å². The van der Waals surface area contributed by atoms with Gasteiger partial charge in [0, 0.05) is 25.8 Å². The highest BCUT2D eigenvalue weighted by Crippen LogP contribution is 2.27. The quantitative estimate of drug-likeness (QED) is 0.845. The Bertz CT molecular complexity index is 672. The van der Waals surface area contributed by atoms with Gasteiger partial charge in [-0.3, -0.25) is 4.79 Å². The lowest BCUT2D eigenvalue weighted by Crippen LogP contribution is -2.40. The van der Waals surface area contributed by atoms with E-state index < -0.39 is 10.0 Å². The maximum Gasteiger partial charge on any atom is 0.244 e. The van der Waals surface area contributed by atoms with Crippen molar-refractivity contribution in [2.24, 2.45) is 0 Å². The third-order valence-corrected chi connectivity index (χ3v) is 7.16. The molecule has 2 aliphatic rings. The van der Waals surface area contributed by atoms with Gasteiger partial charge in [0.15, 0.2) is 0 Å². The van der Waals surface area contributed by atoms with Crippen LogP contribution in [0.5, 0.6) is 0 Å². The molecule has 24 heavy (non-hydrogen) atoms. The molecule has 0 spiro atoms. The highest BCUT2D eigenvalue weighted by Gasteiger charge is 2.27. The van der Waals surface area contributed by atoms with E-state index in [1.165, 1.54) is 22.3 Å². The maximum absolute atomic E-state index is 12.5. The molecule has 1 atom stereocenters. The Labute approximate surface area is 146 Å². The van der Waals surface area contributed by atoms with Gasteiger partial charge in [0.1, 0.15) is 4.90 Å². The molecule has 1 amide bonds. The van der Waals surface area contributed by atoms with Crippen LogP contribution in [0.1, 0.15) is 19.3 Å². The van der Waals surface area contributed by atoms with Crippen molar-refractivity contribution in [3.8, 4) is 0 Å². The number of rotatable bonds is 4. The average molecular weight is 371 g/mol. The van der Waals surface area contributed by atoms with Gasteiger partial charge in [0.05, 0.1) is 23.5 Å². The van der Waals surface area contributed by atoms with E-state index in [2.05, 4.69) is 10.3 Å². The van der Waals surface area contributed by atoms with Gasteiger partial charge in [0.2, 0.25) is 15.9 Å². The first-order chi connectivity index (χ1) is 11.6. The van der Waals surface area contributed by atoms with E-state index >= 15 is 0 Å². The Morgan fingerprint density at radius 2 is 2.04 bits per heavy atom. The number of nitrogens with zero attached hydrogens (tertiary/aromatic N) is 2. The van der Waals surface area contributed by atoms with Crippen molar-refractivity contribution in [1.82, 2.24) is 14.6 Å². The van der Waals surface area contributed by atoms with Crippen molar-refractivity contribution >= 4 is 27.7 Å². The first-order valence-corrected chi connectivity index (χ1v) is 10.4. The minimum Gasteiger partial charge on any atom is -0.379 e. The summed E-state index contributed by atoms with van der Waals surface area (Å²) in [5.41, 5.74) is 0. The number of aromatic nitrogens is 1. The van der Waals surface area contributed by atoms with Crippen molar-refractivity contribution < 1.29 is 17.9 Å². The molecule has 1 aromatic heterocycles. The molecule has 7 nitrogen and oxygen atoms in total. The van der Waals surface area contributed by atoms with E-state index in [-0.39, 0.29) is 16.1 Å². The monoisotopic (exact) mass is 371 g/mol. The second-order valence-corrected chi connectivity index (χ2v) is 8.90. The summed E-state index contributed by atoms with van der Waals surface area (Å²) in [5.74, 6) is 0.0318. The predicted molar refractivity (Wildman–Crippen MR) is 90.3 cm³/mol. The summed E-state index contributed by atoms with van der Waals surface area (Å²) in [6, 6.07) is 3.24. The highest BCUT2D eigenvalue weighted by molar-refractivity contribution is 8.00. The fourth-order valence-corrected chi connectivity index (χ4v) is 5.07. The van der Waals surface area contributed by atoms with E-state index in [1.807, 2.05) is 0 Å². The fraction of sp³-hybridized carbons (Fsp3) is 0.600. The lowest BCUT2D eigenvalue weighted by atomic mass is 10.2. The molecule has 2 fully saturated rings. The number of nitrogens with one attached hydrogen (secondary N) is 1. The molecule has 0 radical (unpaired) electrons. The zero-order chi connectivity index (χ0) is 17.0. The van der Waals surface area contributed by atoms with Gasteiger partial charge in [-0.25, -0.2) is 13.4 Å². The number of hydrogen-bond acceptors (Lipinski definition) is 6. The smallest absolute Gasteiger partial charge is 0.244 e. The van der Waals surface area contributed by atoms with Crippen LogP contribution in [0.15, 0.2) is 28.3 Å². The molecule has 3 heterocycles. The number of amides is 1. The number of carbonyl (C=O) groups is 1. The maximum atomic E-state index is 12.5. The van der Waals surface area contributed by atoms with Gasteiger partial charge in [-0.1, -0.05) is 18.2 Å². The van der Waals surface area contributed by atoms with Crippen LogP contribution in [-0.2, 0) is 19.6 Å². The topological polar surface area (TPSA) is 88.6 Å². The first-order valence-electron chi connectivity index (χ1n) is 8.06. The van der Waals surface area contributed by atoms with Crippen LogP contribution in [0.25, 0.3) is 0 Å². The summed E-state index contributed by atoms with van der Waals surface area (Å²) in [4.78, 5) is 16.4. The van der Waals surface area contributed by atoms with E-state index in [1.54, 1.807) is 12.1 Å². The number of carbonyl (C=O) groups excluding carboxylic acids is 1. The van der Waals surface area contributed by atoms with Crippen molar-refractivity contribution in [2.75, 3.05) is 32.8 Å². The molecule has 2 aliphatic heterocycles.